The fourth-order valence-corrected chi connectivity index (χ4v) is 2.18. The molecule has 19 heavy (non-hydrogen) atoms. The number of nitrogens with zero attached hydrogens (tertiary/aromatic N) is 1. The number of nitrogens with one attached hydrogen (secondary N) is 1. The second kappa shape index (κ2) is 5.77. The molecule has 1 aromatic carbocycles. The highest BCUT2D eigenvalue weighted by atomic mass is 16.5. The maximum Gasteiger partial charge on any atom is 0.323 e. The number of ether oxygens (including phenoxy) is 1. The zero-order valence-electron chi connectivity index (χ0n) is 11.3. The highest BCUT2D eigenvalue weighted by Gasteiger charge is 2.26. The highest BCUT2D eigenvalue weighted by Crippen LogP contribution is 2.20. The molecule has 1 fully saturated rings. The van der Waals surface area contributed by atoms with Gasteiger partial charge in [-0.3, -0.25) is 0 Å². The molecule has 0 spiro atoms. The number of para-hydroxylation sites is 1. The van der Waals surface area contributed by atoms with E-state index in [-0.39, 0.29) is 12.1 Å². The van der Waals surface area contributed by atoms with Crippen LogP contribution in [0.25, 0.3) is 0 Å². The van der Waals surface area contributed by atoms with Crippen molar-refractivity contribution in [2.24, 2.45) is 0 Å². The van der Waals surface area contributed by atoms with Gasteiger partial charge in [0.2, 0.25) is 0 Å². The van der Waals surface area contributed by atoms with E-state index in [0.29, 0.717) is 19.8 Å². The second-order valence-corrected chi connectivity index (χ2v) is 4.65. The van der Waals surface area contributed by atoms with Crippen LogP contribution in [-0.4, -0.2) is 36.7 Å². The Balaban J connectivity index is 2.14. The second-order valence-electron chi connectivity index (χ2n) is 4.65. The van der Waals surface area contributed by atoms with Crippen LogP contribution in [0.2, 0.25) is 0 Å². The van der Waals surface area contributed by atoms with Crippen LogP contribution in [-0.2, 0) is 4.74 Å². The lowest BCUT2D eigenvalue weighted by Gasteiger charge is -2.32. The number of anilines is 1. The van der Waals surface area contributed by atoms with Crippen molar-refractivity contribution in [1.29, 1.82) is 0 Å². The SMILES string of the molecule is C#CC1COCCN1C(=O)Nc1c(C)cccc1C. The standard InChI is InChI=1S/C15H18N2O2/c1-4-13-10-19-9-8-17(13)15(18)16-14-11(2)6-5-7-12(14)3/h1,5-7,13H,8-10H2,2-3H3,(H,16,18). The van der Waals surface area contributed by atoms with Gasteiger partial charge in [0.1, 0.15) is 6.04 Å². The van der Waals surface area contributed by atoms with Crippen LogP contribution < -0.4 is 5.32 Å². The summed E-state index contributed by atoms with van der Waals surface area (Å²) in [6.07, 6.45) is 5.43. The first-order valence-electron chi connectivity index (χ1n) is 6.31. The van der Waals surface area contributed by atoms with Gasteiger partial charge in [0.15, 0.2) is 0 Å². The van der Waals surface area contributed by atoms with Crippen molar-refractivity contribution < 1.29 is 9.53 Å². The van der Waals surface area contributed by atoms with Crippen LogP contribution in [0, 0.1) is 26.2 Å². The summed E-state index contributed by atoms with van der Waals surface area (Å²) in [5.74, 6) is 2.59. The number of benzene rings is 1. The molecule has 1 aliphatic heterocycles. The summed E-state index contributed by atoms with van der Waals surface area (Å²) in [5.41, 5.74) is 2.94. The van der Waals surface area contributed by atoms with Gasteiger partial charge >= 0.3 is 6.03 Å². The molecule has 2 amide bonds. The van der Waals surface area contributed by atoms with Crippen molar-refractivity contribution >= 4 is 11.7 Å². The van der Waals surface area contributed by atoms with Crippen molar-refractivity contribution in [3.63, 3.8) is 0 Å². The number of terminal acetylenes is 1. The number of morpholine rings is 1. The molecule has 0 aliphatic carbocycles. The van der Waals surface area contributed by atoms with Gasteiger partial charge in [0, 0.05) is 12.2 Å². The van der Waals surface area contributed by atoms with E-state index in [2.05, 4.69) is 11.2 Å². The Labute approximate surface area is 113 Å². The van der Waals surface area contributed by atoms with Gasteiger partial charge in [-0.2, -0.15) is 0 Å². The van der Waals surface area contributed by atoms with Crippen LogP contribution in [0.1, 0.15) is 11.1 Å². The van der Waals surface area contributed by atoms with E-state index in [1.165, 1.54) is 0 Å². The van der Waals surface area contributed by atoms with Gasteiger partial charge in [-0.1, -0.05) is 24.1 Å². The third-order valence-electron chi connectivity index (χ3n) is 3.29. The monoisotopic (exact) mass is 258 g/mol. The topological polar surface area (TPSA) is 41.6 Å². The van der Waals surface area contributed by atoms with Gasteiger partial charge in [0.05, 0.1) is 13.2 Å². The first kappa shape index (κ1) is 13.4. The molecule has 1 heterocycles. The zero-order valence-corrected chi connectivity index (χ0v) is 11.3. The van der Waals surface area contributed by atoms with E-state index in [9.17, 15) is 4.79 Å². The smallest absolute Gasteiger partial charge is 0.323 e. The number of hydrogen-bond donors (Lipinski definition) is 1. The maximum atomic E-state index is 12.3. The molecule has 2 rings (SSSR count). The quantitative estimate of drug-likeness (QED) is 0.784. The van der Waals surface area contributed by atoms with Gasteiger partial charge in [-0.15, -0.1) is 6.42 Å². The molecule has 0 saturated carbocycles. The molecule has 4 nitrogen and oxygen atoms in total. The van der Waals surface area contributed by atoms with Gasteiger partial charge in [-0.25, -0.2) is 4.79 Å². The number of aryl methyl sites for hydroxylation is 2. The van der Waals surface area contributed by atoms with E-state index in [4.69, 9.17) is 11.2 Å². The van der Waals surface area contributed by atoms with E-state index in [0.717, 1.165) is 16.8 Å². The average molecular weight is 258 g/mol. The molecule has 0 radical (unpaired) electrons. The number of amides is 2. The van der Waals surface area contributed by atoms with Crippen LogP contribution >= 0.6 is 0 Å². The van der Waals surface area contributed by atoms with E-state index >= 15 is 0 Å². The van der Waals surface area contributed by atoms with E-state index < -0.39 is 0 Å². The largest absolute Gasteiger partial charge is 0.376 e. The lowest BCUT2D eigenvalue weighted by Crippen LogP contribution is -2.49. The Morgan fingerprint density at radius 1 is 1.47 bits per heavy atom. The number of carbonyl (C=O) groups excluding carboxylic acids is 1. The molecule has 1 atom stereocenters. The van der Waals surface area contributed by atoms with Crippen molar-refractivity contribution in [1.82, 2.24) is 4.90 Å². The summed E-state index contributed by atoms with van der Waals surface area (Å²) >= 11 is 0. The average Bonchev–Trinajstić information content (AvgIpc) is 2.42. The molecule has 0 aromatic heterocycles. The molecule has 4 heteroatoms. The molecule has 100 valence electrons. The van der Waals surface area contributed by atoms with E-state index in [1.807, 2.05) is 32.0 Å². The fraction of sp³-hybridized carbons (Fsp3) is 0.400. The Kier molecular flexibility index (Phi) is 4.08. The molecule has 1 saturated heterocycles. The fourth-order valence-electron chi connectivity index (χ4n) is 2.18. The van der Waals surface area contributed by atoms with Crippen LogP contribution in [0.15, 0.2) is 18.2 Å². The zero-order chi connectivity index (χ0) is 13.8. The van der Waals surface area contributed by atoms with Crippen molar-refractivity contribution in [2.45, 2.75) is 19.9 Å². The van der Waals surface area contributed by atoms with Crippen LogP contribution in [0.3, 0.4) is 0 Å². The van der Waals surface area contributed by atoms with Crippen molar-refractivity contribution in [3.8, 4) is 12.3 Å². The van der Waals surface area contributed by atoms with Crippen LogP contribution in [0.4, 0.5) is 10.5 Å². The summed E-state index contributed by atoms with van der Waals surface area (Å²) in [5, 5.41) is 2.95. The summed E-state index contributed by atoms with van der Waals surface area (Å²) < 4.78 is 5.29. The number of carbonyl (C=O) groups is 1. The number of urea groups is 1. The van der Waals surface area contributed by atoms with Gasteiger partial charge < -0.3 is 15.0 Å². The molecule has 1 aromatic rings. The molecule has 1 unspecified atom stereocenters. The Morgan fingerprint density at radius 3 is 2.79 bits per heavy atom. The molecular weight excluding hydrogens is 240 g/mol. The Bertz CT molecular complexity index is 499. The van der Waals surface area contributed by atoms with Crippen molar-refractivity contribution in [2.75, 3.05) is 25.1 Å². The first-order valence-corrected chi connectivity index (χ1v) is 6.31. The molecule has 1 aliphatic rings. The summed E-state index contributed by atoms with van der Waals surface area (Å²) in [7, 11) is 0. The van der Waals surface area contributed by atoms with E-state index in [1.54, 1.807) is 4.90 Å². The summed E-state index contributed by atoms with van der Waals surface area (Å²) in [6, 6.07) is 5.46. The normalized spacial score (nSPS) is 18.8. The Morgan fingerprint density at radius 2 is 2.16 bits per heavy atom. The maximum absolute atomic E-state index is 12.3. The molecule has 1 N–H and O–H groups in total. The minimum Gasteiger partial charge on any atom is -0.376 e. The van der Waals surface area contributed by atoms with Gasteiger partial charge in [0.25, 0.3) is 0 Å². The minimum absolute atomic E-state index is 0.163. The lowest BCUT2D eigenvalue weighted by atomic mass is 10.1. The molecular formula is C15H18N2O2. The van der Waals surface area contributed by atoms with Crippen molar-refractivity contribution in [3.05, 3.63) is 29.3 Å². The summed E-state index contributed by atoms with van der Waals surface area (Å²) in [6.45, 7) is 5.39. The predicted molar refractivity (Wildman–Crippen MR) is 75.1 cm³/mol. The predicted octanol–water partition coefficient (Wildman–Crippen LogP) is 2.17. The highest BCUT2D eigenvalue weighted by molar-refractivity contribution is 5.91. The van der Waals surface area contributed by atoms with Crippen LogP contribution in [0.5, 0.6) is 0 Å². The first-order chi connectivity index (χ1) is 9.13. The lowest BCUT2D eigenvalue weighted by molar-refractivity contribution is 0.0348. The number of rotatable bonds is 1. The Hall–Kier alpha value is -1.99. The number of hydrogen-bond acceptors (Lipinski definition) is 2. The summed E-state index contributed by atoms with van der Waals surface area (Å²) in [4.78, 5) is 14.0. The third-order valence-corrected chi connectivity index (χ3v) is 3.29. The van der Waals surface area contributed by atoms with Gasteiger partial charge in [-0.05, 0) is 25.0 Å². The third kappa shape index (κ3) is 2.88. The molecule has 0 bridgehead atoms. The minimum atomic E-state index is -0.293.